The highest BCUT2D eigenvalue weighted by atomic mass is 14.2. The molecule has 0 aromatic rings. The molecule has 0 saturated heterocycles. The molecule has 0 N–H and O–H groups in total. The van der Waals surface area contributed by atoms with Gasteiger partial charge >= 0.3 is 0 Å². The Hall–Kier alpha value is -0.260. The minimum absolute atomic E-state index is 1.19. The smallest absolute Gasteiger partial charge is 0.0353 e. The van der Waals surface area contributed by atoms with Crippen molar-refractivity contribution in [2.45, 2.75) is 39.0 Å². The molecule has 0 aliphatic heterocycles. The number of hydrogen-bond acceptors (Lipinski definition) is 0. The van der Waals surface area contributed by atoms with Gasteiger partial charge in [0.25, 0.3) is 0 Å². The van der Waals surface area contributed by atoms with E-state index in [2.05, 4.69) is 13.5 Å². The predicted molar refractivity (Wildman–Crippen MR) is 39.0 cm³/mol. The first-order valence-electron chi connectivity index (χ1n) is 3.52. The average Bonchev–Trinajstić information content (AvgIpc) is 1.81. The largest absolute Gasteiger partial charge is 0.103 e. The lowest BCUT2D eigenvalue weighted by Crippen LogP contribution is -1.71. The molecule has 48 valence electrons. The van der Waals surface area contributed by atoms with Crippen LogP contribution < -0.4 is 0 Å². The van der Waals surface area contributed by atoms with E-state index in [-0.39, 0.29) is 0 Å². The Morgan fingerprint density at radius 1 is 1.25 bits per heavy atom. The second-order valence-corrected chi connectivity index (χ2v) is 2.14. The first-order valence-corrected chi connectivity index (χ1v) is 3.52. The molecule has 0 spiro atoms. The van der Waals surface area contributed by atoms with Crippen molar-refractivity contribution >= 4 is 0 Å². The van der Waals surface area contributed by atoms with Gasteiger partial charge in [-0.2, -0.15) is 0 Å². The molecule has 0 nitrogen and oxygen atoms in total. The van der Waals surface area contributed by atoms with Gasteiger partial charge in [0, 0.05) is 0 Å². The van der Waals surface area contributed by atoms with Gasteiger partial charge in [0.2, 0.25) is 0 Å². The fourth-order valence-corrected chi connectivity index (χ4v) is 0.715. The van der Waals surface area contributed by atoms with Crippen LogP contribution in [-0.4, -0.2) is 0 Å². The van der Waals surface area contributed by atoms with Crippen LogP contribution in [0.5, 0.6) is 0 Å². The van der Waals surface area contributed by atoms with Crippen molar-refractivity contribution in [3.63, 3.8) is 0 Å². The van der Waals surface area contributed by atoms with Crippen molar-refractivity contribution in [1.82, 2.24) is 0 Å². The zero-order valence-corrected chi connectivity index (χ0v) is 5.82. The number of unbranched alkanes of at least 4 members (excludes halogenated alkanes) is 4. The molecule has 0 atom stereocenters. The standard InChI is InChI=1S/C8H16/c1-3-5-7-8-6-4-2/h3H,1,4-8H2,2H3/i7+1. The highest BCUT2D eigenvalue weighted by Crippen LogP contribution is 2.01. The molecule has 0 aromatic heterocycles. The summed E-state index contributed by atoms with van der Waals surface area (Å²) >= 11 is 0. The summed E-state index contributed by atoms with van der Waals surface area (Å²) in [5.41, 5.74) is 0. The molecule has 0 aromatic carbocycles. The van der Waals surface area contributed by atoms with Gasteiger partial charge in [-0.1, -0.05) is 32.3 Å². The van der Waals surface area contributed by atoms with E-state index in [0.717, 1.165) is 0 Å². The van der Waals surface area contributed by atoms with Gasteiger partial charge in [0.05, 0.1) is 0 Å². The second-order valence-electron chi connectivity index (χ2n) is 2.14. The van der Waals surface area contributed by atoms with Crippen LogP contribution in [0.4, 0.5) is 0 Å². The maximum Gasteiger partial charge on any atom is -0.0353 e. The first-order chi connectivity index (χ1) is 3.91. The first kappa shape index (κ1) is 7.74. The van der Waals surface area contributed by atoms with E-state index in [1.165, 1.54) is 32.1 Å². The molecule has 0 fully saturated rings. The maximum absolute atomic E-state index is 3.66. The quantitative estimate of drug-likeness (QED) is 0.292. The summed E-state index contributed by atoms with van der Waals surface area (Å²) in [7, 11) is 0. The van der Waals surface area contributed by atoms with Gasteiger partial charge in [-0.3, -0.25) is 0 Å². The Labute approximate surface area is 52.6 Å². The van der Waals surface area contributed by atoms with Gasteiger partial charge in [-0.15, -0.1) is 6.58 Å². The Kier molecular flexibility index (Phi) is 6.52. The zero-order chi connectivity index (χ0) is 6.24. The van der Waals surface area contributed by atoms with Gasteiger partial charge in [0.1, 0.15) is 0 Å². The van der Waals surface area contributed by atoms with Crippen LogP contribution in [0.25, 0.3) is 0 Å². The predicted octanol–water partition coefficient (Wildman–Crippen LogP) is 3.14. The summed E-state index contributed by atoms with van der Waals surface area (Å²) in [5, 5.41) is 0. The van der Waals surface area contributed by atoms with Crippen LogP contribution in [0.15, 0.2) is 12.7 Å². The van der Waals surface area contributed by atoms with E-state index >= 15 is 0 Å². The van der Waals surface area contributed by atoms with Gasteiger partial charge in [-0.05, 0) is 12.8 Å². The lowest BCUT2D eigenvalue weighted by Gasteiger charge is -1.91. The van der Waals surface area contributed by atoms with E-state index in [9.17, 15) is 0 Å². The molecule has 0 heterocycles. The lowest BCUT2D eigenvalue weighted by atomic mass is 10.3. The minimum atomic E-state index is 1.19. The summed E-state index contributed by atoms with van der Waals surface area (Å²) < 4.78 is 0. The lowest BCUT2D eigenvalue weighted by molar-refractivity contribution is 0.675. The van der Waals surface area contributed by atoms with Crippen LogP contribution in [0.1, 0.15) is 39.0 Å². The van der Waals surface area contributed by atoms with Gasteiger partial charge in [-0.25, -0.2) is 0 Å². The molecule has 0 amide bonds. The van der Waals surface area contributed by atoms with Crippen molar-refractivity contribution in [2.24, 2.45) is 0 Å². The average molecular weight is 113 g/mol. The topological polar surface area (TPSA) is 0 Å². The Balaban J connectivity index is 2.62. The van der Waals surface area contributed by atoms with Crippen molar-refractivity contribution in [3.8, 4) is 0 Å². The second kappa shape index (κ2) is 6.74. The van der Waals surface area contributed by atoms with Crippen LogP contribution in [0.3, 0.4) is 0 Å². The van der Waals surface area contributed by atoms with Gasteiger partial charge in [0.15, 0.2) is 0 Å². The Morgan fingerprint density at radius 2 is 2.00 bits per heavy atom. The van der Waals surface area contributed by atoms with E-state index in [0.29, 0.717) is 0 Å². The highest BCUT2D eigenvalue weighted by molar-refractivity contribution is 4.64. The van der Waals surface area contributed by atoms with Crippen LogP contribution in [-0.2, 0) is 0 Å². The maximum atomic E-state index is 3.66. The fraction of sp³-hybridized carbons (Fsp3) is 0.750. The molecule has 0 aliphatic rings. The molecule has 0 aliphatic carbocycles. The summed E-state index contributed by atoms with van der Waals surface area (Å²) in [6, 6.07) is 0. The van der Waals surface area contributed by atoms with Crippen molar-refractivity contribution in [3.05, 3.63) is 12.7 Å². The molecule has 0 heteroatoms. The third kappa shape index (κ3) is 5.74. The van der Waals surface area contributed by atoms with Crippen LogP contribution >= 0.6 is 0 Å². The normalized spacial score (nSPS) is 9.12. The number of rotatable bonds is 5. The summed E-state index contributed by atoms with van der Waals surface area (Å²) in [6.07, 6.45) is 8.61. The fourth-order valence-electron chi connectivity index (χ4n) is 0.715. The van der Waals surface area contributed by atoms with Crippen molar-refractivity contribution < 1.29 is 0 Å². The Morgan fingerprint density at radius 3 is 2.50 bits per heavy atom. The van der Waals surface area contributed by atoms with E-state index in [1.807, 2.05) is 6.08 Å². The molecular formula is C8H16. The highest BCUT2D eigenvalue weighted by Gasteiger charge is 1.81. The summed E-state index contributed by atoms with van der Waals surface area (Å²) in [4.78, 5) is 0. The van der Waals surface area contributed by atoms with Crippen LogP contribution in [0, 0.1) is 0 Å². The number of hydrogen-bond donors (Lipinski definition) is 0. The van der Waals surface area contributed by atoms with Crippen molar-refractivity contribution in [1.29, 1.82) is 0 Å². The third-order valence-electron chi connectivity index (χ3n) is 1.26. The van der Waals surface area contributed by atoms with E-state index in [4.69, 9.17) is 0 Å². The molecule has 0 saturated carbocycles. The number of allylic oxidation sites excluding steroid dienone is 1. The van der Waals surface area contributed by atoms with Crippen LogP contribution in [0.2, 0.25) is 0 Å². The monoisotopic (exact) mass is 113 g/mol. The third-order valence-corrected chi connectivity index (χ3v) is 1.26. The SMILES string of the molecule is C=CC[13CH2]CCCC. The van der Waals surface area contributed by atoms with Crippen molar-refractivity contribution in [2.75, 3.05) is 0 Å². The molecule has 0 rings (SSSR count). The molecule has 0 bridgehead atoms. The van der Waals surface area contributed by atoms with E-state index in [1.54, 1.807) is 0 Å². The molecule has 0 radical (unpaired) electrons. The summed E-state index contributed by atoms with van der Waals surface area (Å²) in [6.45, 7) is 5.89. The summed E-state index contributed by atoms with van der Waals surface area (Å²) in [5.74, 6) is 0. The molecular weight excluding hydrogens is 97.1 g/mol. The van der Waals surface area contributed by atoms with Gasteiger partial charge < -0.3 is 0 Å². The Bertz CT molecular complexity index is 46.0. The molecule has 0 unspecified atom stereocenters. The molecule has 8 heavy (non-hydrogen) atoms. The van der Waals surface area contributed by atoms with E-state index < -0.39 is 0 Å². The minimum Gasteiger partial charge on any atom is -0.103 e. The zero-order valence-electron chi connectivity index (χ0n) is 5.82.